The lowest BCUT2D eigenvalue weighted by atomic mass is 10.2. The molecule has 2 rings (SSSR count). The van der Waals surface area contributed by atoms with E-state index < -0.39 is 5.97 Å². The molecule has 0 fully saturated rings. The third-order valence-corrected chi connectivity index (χ3v) is 3.53. The topological polar surface area (TPSA) is 63.3 Å². The Morgan fingerprint density at radius 1 is 1.56 bits per heavy atom. The van der Waals surface area contributed by atoms with Gasteiger partial charge in [0.2, 0.25) is 0 Å². The van der Waals surface area contributed by atoms with Crippen LogP contribution in [0.5, 0.6) is 0 Å². The molecule has 84 valence electrons. The van der Waals surface area contributed by atoms with Crippen molar-refractivity contribution >= 4 is 17.3 Å². The number of rotatable bonds is 3. The Labute approximate surface area is 96.6 Å². The first kappa shape index (κ1) is 10.9. The summed E-state index contributed by atoms with van der Waals surface area (Å²) in [6.07, 6.45) is 3.06. The van der Waals surface area contributed by atoms with E-state index >= 15 is 0 Å². The average Bonchev–Trinajstić information content (AvgIpc) is 2.86. The SMILES string of the molecule is CC(C)c1nc(C(=O)O)c(-c2ccoc2)s1. The van der Waals surface area contributed by atoms with Gasteiger partial charge < -0.3 is 9.52 Å². The van der Waals surface area contributed by atoms with Crippen LogP contribution in [0.1, 0.15) is 35.3 Å². The van der Waals surface area contributed by atoms with Crippen LogP contribution in [-0.2, 0) is 0 Å². The molecule has 0 amide bonds. The lowest BCUT2D eigenvalue weighted by Gasteiger charge is -1.94. The van der Waals surface area contributed by atoms with Crippen molar-refractivity contribution in [3.05, 3.63) is 29.3 Å². The number of carboxylic acids is 1. The number of hydrogen-bond donors (Lipinski definition) is 1. The van der Waals surface area contributed by atoms with E-state index in [2.05, 4.69) is 4.98 Å². The van der Waals surface area contributed by atoms with Gasteiger partial charge in [0.05, 0.1) is 22.4 Å². The quantitative estimate of drug-likeness (QED) is 0.890. The first-order valence-corrected chi connectivity index (χ1v) is 5.68. The highest BCUT2D eigenvalue weighted by atomic mass is 32.1. The molecule has 0 saturated carbocycles. The average molecular weight is 237 g/mol. The monoisotopic (exact) mass is 237 g/mol. The van der Waals surface area contributed by atoms with Gasteiger partial charge in [-0.25, -0.2) is 9.78 Å². The maximum absolute atomic E-state index is 11.1. The van der Waals surface area contributed by atoms with Crippen molar-refractivity contribution in [2.24, 2.45) is 0 Å². The summed E-state index contributed by atoms with van der Waals surface area (Å²) >= 11 is 1.40. The van der Waals surface area contributed by atoms with Crippen molar-refractivity contribution in [1.29, 1.82) is 0 Å². The van der Waals surface area contributed by atoms with Gasteiger partial charge in [-0.3, -0.25) is 0 Å². The summed E-state index contributed by atoms with van der Waals surface area (Å²) < 4.78 is 4.96. The van der Waals surface area contributed by atoms with Crippen LogP contribution in [-0.4, -0.2) is 16.1 Å². The molecule has 0 saturated heterocycles. The van der Waals surface area contributed by atoms with Crippen LogP contribution in [0.4, 0.5) is 0 Å². The first-order chi connectivity index (χ1) is 7.59. The summed E-state index contributed by atoms with van der Waals surface area (Å²) in [6.45, 7) is 3.98. The molecule has 5 heteroatoms. The number of thiazole rings is 1. The Hall–Kier alpha value is -1.62. The molecule has 2 aromatic heterocycles. The Morgan fingerprint density at radius 3 is 2.81 bits per heavy atom. The van der Waals surface area contributed by atoms with E-state index in [-0.39, 0.29) is 11.6 Å². The van der Waals surface area contributed by atoms with E-state index in [1.54, 1.807) is 6.07 Å². The fourth-order valence-electron chi connectivity index (χ4n) is 1.32. The first-order valence-electron chi connectivity index (χ1n) is 4.86. The second kappa shape index (κ2) is 4.09. The molecule has 0 aliphatic rings. The van der Waals surface area contributed by atoms with Crippen LogP contribution in [0.3, 0.4) is 0 Å². The summed E-state index contributed by atoms with van der Waals surface area (Å²) in [6, 6.07) is 1.74. The van der Waals surface area contributed by atoms with Gasteiger partial charge in [-0.1, -0.05) is 13.8 Å². The van der Waals surface area contributed by atoms with Crippen LogP contribution in [0.15, 0.2) is 23.0 Å². The van der Waals surface area contributed by atoms with Crippen LogP contribution in [0.25, 0.3) is 10.4 Å². The van der Waals surface area contributed by atoms with Crippen LogP contribution < -0.4 is 0 Å². The van der Waals surface area contributed by atoms with Gasteiger partial charge in [-0.2, -0.15) is 0 Å². The number of hydrogen-bond acceptors (Lipinski definition) is 4. The molecule has 0 spiro atoms. The van der Waals surface area contributed by atoms with Crippen molar-refractivity contribution in [1.82, 2.24) is 4.98 Å². The number of furan rings is 1. The van der Waals surface area contributed by atoms with Crippen molar-refractivity contribution in [2.75, 3.05) is 0 Å². The zero-order valence-electron chi connectivity index (χ0n) is 8.93. The minimum Gasteiger partial charge on any atom is -0.476 e. The second-order valence-electron chi connectivity index (χ2n) is 3.70. The van der Waals surface area contributed by atoms with Crippen molar-refractivity contribution < 1.29 is 14.3 Å². The lowest BCUT2D eigenvalue weighted by molar-refractivity contribution is 0.0692. The van der Waals surface area contributed by atoms with Gasteiger partial charge in [0, 0.05) is 11.5 Å². The van der Waals surface area contributed by atoms with Gasteiger partial charge in [0.25, 0.3) is 0 Å². The number of aromatic carboxylic acids is 1. The highest BCUT2D eigenvalue weighted by molar-refractivity contribution is 7.15. The smallest absolute Gasteiger partial charge is 0.356 e. The Kier molecular flexibility index (Phi) is 2.78. The highest BCUT2D eigenvalue weighted by Gasteiger charge is 2.20. The van der Waals surface area contributed by atoms with Crippen LogP contribution >= 0.6 is 11.3 Å². The normalized spacial score (nSPS) is 10.9. The molecule has 0 aliphatic heterocycles. The van der Waals surface area contributed by atoms with Gasteiger partial charge in [-0.15, -0.1) is 11.3 Å². The molecule has 2 heterocycles. The summed E-state index contributed by atoms with van der Waals surface area (Å²) in [5.41, 5.74) is 0.872. The predicted molar refractivity (Wildman–Crippen MR) is 60.9 cm³/mol. The van der Waals surface area contributed by atoms with Gasteiger partial charge in [0.15, 0.2) is 5.69 Å². The molecule has 0 aliphatic carbocycles. The largest absolute Gasteiger partial charge is 0.476 e. The van der Waals surface area contributed by atoms with E-state index in [4.69, 9.17) is 9.52 Å². The van der Waals surface area contributed by atoms with E-state index in [0.29, 0.717) is 4.88 Å². The van der Waals surface area contributed by atoms with Crippen molar-refractivity contribution in [2.45, 2.75) is 19.8 Å². The molecule has 0 unspecified atom stereocenters. The lowest BCUT2D eigenvalue weighted by Crippen LogP contribution is -1.99. The fourth-order valence-corrected chi connectivity index (χ4v) is 2.36. The van der Waals surface area contributed by atoms with Crippen LogP contribution in [0.2, 0.25) is 0 Å². The zero-order valence-corrected chi connectivity index (χ0v) is 9.75. The second-order valence-corrected chi connectivity index (χ2v) is 4.73. The van der Waals surface area contributed by atoms with E-state index in [9.17, 15) is 4.79 Å². The molecule has 2 aromatic rings. The standard InChI is InChI=1S/C11H11NO3S/c1-6(2)10-12-8(11(13)14)9(16-10)7-3-4-15-5-7/h3-6H,1-2H3,(H,13,14). The van der Waals surface area contributed by atoms with Crippen molar-refractivity contribution in [3.8, 4) is 10.4 Å². The van der Waals surface area contributed by atoms with Crippen LogP contribution in [0, 0.1) is 0 Å². The van der Waals surface area contributed by atoms with Crippen molar-refractivity contribution in [3.63, 3.8) is 0 Å². The molecule has 4 nitrogen and oxygen atoms in total. The third kappa shape index (κ3) is 1.86. The number of carbonyl (C=O) groups is 1. The number of carboxylic acid groups (broad SMARTS) is 1. The van der Waals surface area contributed by atoms with Gasteiger partial charge >= 0.3 is 5.97 Å². The Morgan fingerprint density at radius 2 is 2.31 bits per heavy atom. The molecular formula is C11H11NO3S. The number of nitrogens with zero attached hydrogens (tertiary/aromatic N) is 1. The maximum Gasteiger partial charge on any atom is 0.356 e. The summed E-state index contributed by atoms with van der Waals surface area (Å²) in [7, 11) is 0. The zero-order chi connectivity index (χ0) is 11.7. The molecule has 0 radical (unpaired) electrons. The molecule has 0 aromatic carbocycles. The van der Waals surface area contributed by atoms with E-state index in [1.165, 1.54) is 23.9 Å². The van der Waals surface area contributed by atoms with E-state index in [1.807, 2.05) is 13.8 Å². The molecule has 0 bridgehead atoms. The highest BCUT2D eigenvalue weighted by Crippen LogP contribution is 2.33. The molecular weight excluding hydrogens is 226 g/mol. The predicted octanol–water partition coefficient (Wildman–Crippen LogP) is 3.22. The molecule has 1 N–H and O–H groups in total. The fraction of sp³-hybridized carbons (Fsp3) is 0.273. The summed E-state index contributed by atoms with van der Waals surface area (Å²) in [5, 5.41) is 9.90. The molecule has 16 heavy (non-hydrogen) atoms. The Balaban J connectivity index is 2.55. The van der Waals surface area contributed by atoms with Gasteiger partial charge in [0.1, 0.15) is 0 Å². The third-order valence-electron chi connectivity index (χ3n) is 2.12. The van der Waals surface area contributed by atoms with Gasteiger partial charge in [-0.05, 0) is 6.07 Å². The molecule has 0 atom stereocenters. The number of aromatic nitrogens is 1. The summed E-state index contributed by atoms with van der Waals surface area (Å²) in [4.78, 5) is 15.9. The maximum atomic E-state index is 11.1. The minimum atomic E-state index is -1.00. The van der Waals surface area contributed by atoms with E-state index in [0.717, 1.165) is 10.6 Å². The minimum absolute atomic E-state index is 0.107. The Bertz CT molecular complexity index is 499. The summed E-state index contributed by atoms with van der Waals surface area (Å²) in [5.74, 6) is -0.775.